The van der Waals surface area contributed by atoms with Gasteiger partial charge in [-0.05, 0) is 48.5 Å². The van der Waals surface area contributed by atoms with Crippen LogP contribution in [0.5, 0.6) is 0 Å². The SMILES string of the molecule is CN(C)c1ccc(NC(=O)C[NH+]2CCN(c3ccc(F)cc3)CC2)cc1. The minimum Gasteiger partial charge on any atom is -0.378 e. The number of amides is 1. The third-order valence-corrected chi connectivity index (χ3v) is 4.74. The van der Waals surface area contributed by atoms with Crippen molar-refractivity contribution in [3.8, 4) is 0 Å². The van der Waals surface area contributed by atoms with Gasteiger partial charge in [0.1, 0.15) is 5.82 Å². The van der Waals surface area contributed by atoms with E-state index < -0.39 is 0 Å². The van der Waals surface area contributed by atoms with Crippen LogP contribution in [-0.4, -0.2) is 52.7 Å². The zero-order valence-corrected chi connectivity index (χ0v) is 15.3. The Kier molecular flexibility index (Phi) is 5.73. The molecule has 0 aliphatic carbocycles. The third kappa shape index (κ3) is 4.73. The fourth-order valence-corrected chi connectivity index (χ4v) is 3.18. The number of carbonyl (C=O) groups is 1. The zero-order valence-electron chi connectivity index (χ0n) is 15.3. The second-order valence-electron chi connectivity index (χ2n) is 6.88. The molecule has 6 heteroatoms. The number of carbonyl (C=O) groups excluding carboxylic acids is 1. The summed E-state index contributed by atoms with van der Waals surface area (Å²) in [5.74, 6) is -0.180. The lowest BCUT2D eigenvalue weighted by molar-refractivity contribution is -0.892. The minimum absolute atomic E-state index is 0.0350. The summed E-state index contributed by atoms with van der Waals surface area (Å²) in [7, 11) is 3.98. The summed E-state index contributed by atoms with van der Waals surface area (Å²) < 4.78 is 13.0. The van der Waals surface area contributed by atoms with Gasteiger partial charge in [0.05, 0.1) is 26.2 Å². The second kappa shape index (κ2) is 8.19. The second-order valence-corrected chi connectivity index (χ2v) is 6.88. The first kappa shape index (κ1) is 18.2. The molecule has 0 radical (unpaired) electrons. The highest BCUT2D eigenvalue weighted by molar-refractivity contribution is 5.91. The molecule has 0 spiro atoms. The number of anilines is 3. The third-order valence-electron chi connectivity index (χ3n) is 4.74. The molecule has 138 valence electrons. The van der Waals surface area contributed by atoms with Gasteiger partial charge in [0.25, 0.3) is 5.91 Å². The van der Waals surface area contributed by atoms with Gasteiger partial charge < -0.3 is 20.0 Å². The Morgan fingerprint density at radius 2 is 1.69 bits per heavy atom. The molecule has 5 nitrogen and oxygen atoms in total. The van der Waals surface area contributed by atoms with Crippen LogP contribution in [0, 0.1) is 5.82 Å². The fraction of sp³-hybridized carbons (Fsp3) is 0.350. The van der Waals surface area contributed by atoms with E-state index in [1.54, 1.807) is 0 Å². The van der Waals surface area contributed by atoms with Crippen LogP contribution in [0.2, 0.25) is 0 Å². The molecule has 3 rings (SSSR count). The Hall–Kier alpha value is -2.60. The molecule has 0 bridgehead atoms. The predicted octanol–water partition coefficient (Wildman–Crippen LogP) is 1.24. The van der Waals surface area contributed by atoms with E-state index in [1.165, 1.54) is 17.0 Å². The van der Waals surface area contributed by atoms with Gasteiger partial charge in [0.2, 0.25) is 0 Å². The van der Waals surface area contributed by atoms with Crippen LogP contribution in [0.15, 0.2) is 48.5 Å². The lowest BCUT2D eigenvalue weighted by Crippen LogP contribution is -3.15. The molecule has 1 saturated heterocycles. The van der Waals surface area contributed by atoms with Gasteiger partial charge in [0, 0.05) is 31.2 Å². The fourth-order valence-electron chi connectivity index (χ4n) is 3.18. The number of piperazine rings is 1. The standard InChI is InChI=1S/C20H25FN4O/c1-23(2)18-9-5-17(6-10-18)22-20(26)15-24-11-13-25(14-12-24)19-7-3-16(21)4-8-19/h3-10H,11-15H2,1-2H3,(H,22,26)/p+1. The van der Waals surface area contributed by atoms with Crippen molar-refractivity contribution in [1.29, 1.82) is 0 Å². The molecular formula is C20H26FN4O+. The Morgan fingerprint density at radius 1 is 1.08 bits per heavy atom. The molecule has 2 aromatic carbocycles. The number of quaternary nitrogens is 1. The van der Waals surface area contributed by atoms with Crippen LogP contribution in [-0.2, 0) is 4.79 Å². The normalized spacial score (nSPS) is 15.0. The van der Waals surface area contributed by atoms with E-state index in [0.29, 0.717) is 6.54 Å². The minimum atomic E-state index is -0.215. The number of nitrogens with one attached hydrogen (secondary N) is 2. The van der Waals surface area contributed by atoms with Crippen LogP contribution in [0.1, 0.15) is 0 Å². The Bertz CT molecular complexity index is 722. The van der Waals surface area contributed by atoms with Gasteiger partial charge >= 0.3 is 0 Å². The molecule has 1 heterocycles. The maximum Gasteiger partial charge on any atom is 0.279 e. The summed E-state index contributed by atoms with van der Waals surface area (Å²) in [6, 6.07) is 14.4. The Labute approximate surface area is 154 Å². The molecule has 0 saturated carbocycles. The molecule has 1 amide bonds. The van der Waals surface area contributed by atoms with Gasteiger partial charge in [-0.15, -0.1) is 0 Å². The molecule has 1 aliphatic rings. The van der Waals surface area contributed by atoms with E-state index in [2.05, 4.69) is 10.2 Å². The average Bonchev–Trinajstić information content (AvgIpc) is 2.63. The molecule has 2 N–H and O–H groups in total. The van der Waals surface area contributed by atoms with Crippen molar-refractivity contribution in [1.82, 2.24) is 0 Å². The quantitative estimate of drug-likeness (QED) is 0.846. The van der Waals surface area contributed by atoms with Crippen molar-refractivity contribution in [3.05, 3.63) is 54.3 Å². The number of hydrogen-bond donors (Lipinski definition) is 2. The molecule has 1 aliphatic heterocycles. The van der Waals surface area contributed by atoms with Crippen LogP contribution < -0.4 is 20.0 Å². The summed E-state index contributed by atoms with van der Waals surface area (Å²) >= 11 is 0. The van der Waals surface area contributed by atoms with Crippen molar-refractivity contribution >= 4 is 23.0 Å². The summed E-state index contributed by atoms with van der Waals surface area (Å²) in [5, 5.41) is 2.97. The number of benzene rings is 2. The monoisotopic (exact) mass is 357 g/mol. The molecular weight excluding hydrogens is 331 g/mol. The average molecular weight is 357 g/mol. The first-order chi connectivity index (χ1) is 12.5. The Balaban J connectivity index is 1.46. The van der Waals surface area contributed by atoms with E-state index in [-0.39, 0.29) is 11.7 Å². The molecule has 26 heavy (non-hydrogen) atoms. The van der Waals surface area contributed by atoms with Crippen molar-refractivity contribution in [3.63, 3.8) is 0 Å². The van der Waals surface area contributed by atoms with E-state index in [9.17, 15) is 9.18 Å². The van der Waals surface area contributed by atoms with Crippen molar-refractivity contribution < 1.29 is 14.1 Å². The summed E-state index contributed by atoms with van der Waals surface area (Å²) in [6.07, 6.45) is 0. The zero-order chi connectivity index (χ0) is 18.5. The van der Waals surface area contributed by atoms with Gasteiger partial charge in [-0.1, -0.05) is 0 Å². The highest BCUT2D eigenvalue weighted by Crippen LogP contribution is 2.16. The molecule has 0 atom stereocenters. The highest BCUT2D eigenvalue weighted by Gasteiger charge is 2.22. The van der Waals surface area contributed by atoms with Gasteiger partial charge in [-0.3, -0.25) is 4.79 Å². The number of hydrogen-bond acceptors (Lipinski definition) is 3. The maximum atomic E-state index is 13.0. The van der Waals surface area contributed by atoms with Crippen molar-refractivity contribution in [2.24, 2.45) is 0 Å². The first-order valence-electron chi connectivity index (χ1n) is 8.92. The van der Waals surface area contributed by atoms with Gasteiger partial charge in [-0.2, -0.15) is 0 Å². The molecule has 2 aromatic rings. The maximum absolute atomic E-state index is 13.0. The van der Waals surface area contributed by atoms with Crippen molar-refractivity contribution in [2.45, 2.75) is 0 Å². The number of nitrogens with zero attached hydrogens (tertiary/aromatic N) is 2. The van der Waals surface area contributed by atoms with Crippen LogP contribution in [0.3, 0.4) is 0 Å². The first-order valence-corrected chi connectivity index (χ1v) is 8.92. The topological polar surface area (TPSA) is 40.0 Å². The van der Waals surface area contributed by atoms with E-state index in [1.807, 2.05) is 55.4 Å². The van der Waals surface area contributed by atoms with Crippen LogP contribution >= 0.6 is 0 Å². The lowest BCUT2D eigenvalue weighted by atomic mass is 10.2. The van der Waals surface area contributed by atoms with E-state index in [4.69, 9.17) is 0 Å². The van der Waals surface area contributed by atoms with E-state index in [0.717, 1.165) is 43.2 Å². The van der Waals surface area contributed by atoms with Crippen molar-refractivity contribution in [2.75, 3.05) is 61.9 Å². The molecule has 0 aromatic heterocycles. The largest absolute Gasteiger partial charge is 0.378 e. The number of halogens is 1. The lowest BCUT2D eigenvalue weighted by Gasteiger charge is -2.33. The summed E-state index contributed by atoms with van der Waals surface area (Å²) in [6.45, 7) is 3.99. The Morgan fingerprint density at radius 3 is 2.27 bits per heavy atom. The van der Waals surface area contributed by atoms with Gasteiger partial charge in [-0.25, -0.2) is 4.39 Å². The predicted molar refractivity (Wildman–Crippen MR) is 104 cm³/mol. The molecule has 1 fully saturated rings. The summed E-state index contributed by atoms with van der Waals surface area (Å²) in [4.78, 5) is 17.8. The van der Waals surface area contributed by atoms with Gasteiger partial charge in [0.15, 0.2) is 6.54 Å². The summed E-state index contributed by atoms with van der Waals surface area (Å²) in [5.41, 5.74) is 2.96. The number of rotatable bonds is 5. The van der Waals surface area contributed by atoms with E-state index >= 15 is 0 Å². The highest BCUT2D eigenvalue weighted by atomic mass is 19.1. The van der Waals surface area contributed by atoms with Crippen LogP contribution in [0.25, 0.3) is 0 Å². The smallest absolute Gasteiger partial charge is 0.279 e. The molecule has 0 unspecified atom stereocenters. The van der Waals surface area contributed by atoms with Crippen LogP contribution in [0.4, 0.5) is 21.5 Å².